The summed E-state index contributed by atoms with van der Waals surface area (Å²) in [5, 5.41) is 3.84. The molecular weight excluding hydrogens is 264 g/mol. The Morgan fingerprint density at radius 2 is 1.95 bits per heavy atom. The Balaban J connectivity index is 1.72. The molecule has 20 heavy (non-hydrogen) atoms. The van der Waals surface area contributed by atoms with Gasteiger partial charge in [-0.1, -0.05) is 37.3 Å². The second-order valence-corrected chi connectivity index (χ2v) is 6.67. The number of hydrogen-bond donors (Lipinski definition) is 1. The van der Waals surface area contributed by atoms with Crippen molar-refractivity contribution in [1.82, 2.24) is 10.2 Å². The van der Waals surface area contributed by atoms with Gasteiger partial charge in [-0.25, -0.2) is 0 Å². The Morgan fingerprint density at radius 1 is 1.25 bits per heavy atom. The van der Waals surface area contributed by atoms with Crippen molar-refractivity contribution in [3.8, 4) is 0 Å². The highest BCUT2D eigenvalue weighted by atomic mass is 32.2. The zero-order chi connectivity index (χ0) is 14.2. The van der Waals surface area contributed by atoms with Crippen LogP contribution in [0, 0.1) is 0 Å². The van der Waals surface area contributed by atoms with E-state index in [-0.39, 0.29) is 0 Å². The van der Waals surface area contributed by atoms with Crippen LogP contribution in [0.1, 0.15) is 31.7 Å². The molecule has 0 amide bonds. The molecule has 1 aromatic rings. The van der Waals surface area contributed by atoms with Crippen LogP contribution >= 0.6 is 11.8 Å². The van der Waals surface area contributed by atoms with Gasteiger partial charge in [-0.2, -0.15) is 11.8 Å². The number of piperidine rings is 1. The molecule has 1 atom stereocenters. The summed E-state index contributed by atoms with van der Waals surface area (Å²) >= 11 is 1.95. The number of benzene rings is 1. The summed E-state index contributed by atoms with van der Waals surface area (Å²) in [6.07, 6.45) is 6.02. The standard InChI is InChI=1S/C17H28N2S/c1-3-16(14-20-2)18-17-9-11-19(12-10-17)13-15-7-5-4-6-8-15/h4-8,16-18H,3,9-14H2,1-2H3. The Hall–Kier alpha value is -0.510. The third kappa shape index (κ3) is 5.12. The van der Waals surface area contributed by atoms with Crippen LogP contribution in [0.4, 0.5) is 0 Å². The van der Waals surface area contributed by atoms with Crippen LogP contribution in [-0.2, 0) is 6.54 Å². The number of thioether (sulfide) groups is 1. The quantitative estimate of drug-likeness (QED) is 0.829. The first kappa shape index (κ1) is 15.9. The van der Waals surface area contributed by atoms with Crippen molar-refractivity contribution in [1.29, 1.82) is 0 Å². The first-order chi connectivity index (χ1) is 9.81. The fourth-order valence-electron chi connectivity index (χ4n) is 2.92. The molecule has 1 saturated heterocycles. The summed E-state index contributed by atoms with van der Waals surface area (Å²) in [5.41, 5.74) is 1.44. The first-order valence-corrected chi connectivity index (χ1v) is 9.22. The van der Waals surface area contributed by atoms with E-state index in [1.165, 1.54) is 43.7 Å². The molecule has 1 aromatic carbocycles. The van der Waals surface area contributed by atoms with Gasteiger partial charge in [-0.15, -0.1) is 0 Å². The Morgan fingerprint density at radius 3 is 2.55 bits per heavy atom. The predicted molar refractivity (Wildman–Crippen MR) is 90.3 cm³/mol. The van der Waals surface area contributed by atoms with Crippen molar-refractivity contribution in [2.75, 3.05) is 25.1 Å². The topological polar surface area (TPSA) is 15.3 Å². The molecule has 0 aliphatic carbocycles. The van der Waals surface area contributed by atoms with Crippen molar-refractivity contribution in [2.24, 2.45) is 0 Å². The number of rotatable bonds is 7. The lowest BCUT2D eigenvalue weighted by Crippen LogP contribution is -2.46. The normalized spacial score (nSPS) is 19.1. The number of likely N-dealkylation sites (tertiary alicyclic amines) is 1. The number of nitrogens with one attached hydrogen (secondary N) is 1. The minimum Gasteiger partial charge on any atom is -0.310 e. The average Bonchev–Trinajstić information content (AvgIpc) is 2.50. The molecule has 112 valence electrons. The highest BCUT2D eigenvalue weighted by Gasteiger charge is 2.20. The third-order valence-electron chi connectivity index (χ3n) is 4.17. The summed E-state index contributed by atoms with van der Waals surface area (Å²) in [6, 6.07) is 12.2. The van der Waals surface area contributed by atoms with E-state index in [1.807, 2.05) is 11.8 Å². The predicted octanol–water partition coefficient (Wildman–Crippen LogP) is 3.38. The second-order valence-electron chi connectivity index (χ2n) is 5.76. The van der Waals surface area contributed by atoms with Crippen molar-refractivity contribution in [3.63, 3.8) is 0 Å². The minimum absolute atomic E-state index is 0.690. The maximum absolute atomic E-state index is 3.84. The van der Waals surface area contributed by atoms with Crippen LogP contribution in [0.15, 0.2) is 30.3 Å². The molecule has 1 N–H and O–H groups in total. The van der Waals surface area contributed by atoms with Crippen LogP contribution in [0.3, 0.4) is 0 Å². The van der Waals surface area contributed by atoms with Gasteiger partial charge in [0, 0.05) is 24.4 Å². The maximum atomic E-state index is 3.84. The summed E-state index contributed by atoms with van der Waals surface area (Å²) in [6.45, 7) is 5.85. The van der Waals surface area contributed by atoms with Gasteiger partial charge in [0.1, 0.15) is 0 Å². The van der Waals surface area contributed by atoms with E-state index < -0.39 is 0 Å². The number of hydrogen-bond acceptors (Lipinski definition) is 3. The van der Waals surface area contributed by atoms with Gasteiger partial charge in [0.2, 0.25) is 0 Å². The van der Waals surface area contributed by atoms with E-state index in [4.69, 9.17) is 0 Å². The van der Waals surface area contributed by atoms with Crippen molar-refractivity contribution in [3.05, 3.63) is 35.9 Å². The lowest BCUT2D eigenvalue weighted by atomic mass is 10.0. The minimum atomic E-state index is 0.690. The zero-order valence-electron chi connectivity index (χ0n) is 12.8. The van der Waals surface area contributed by atoms with Crippen LogP contribution in [0.25, 0.3) is 0 Å². The van der Waals surface area contributed by atoms with Crippen molar-refractivity contribution >= 4 is 11.8 Å². The molecule has 0 bridgehead atoms. The largest absolute Gasteiger partial charge is 0.310 e. The van der Waals surface area contributed by atoms with E-state index in [0.29, 0.717) is 6.04 Å². The van der Waals surface area contributed by atoms with Gasteiger partial charge in [-0.3, -0.25) is 4.90 Å². The van der Waals surface area contributed by atoms with E-state index >= 15 is 0 Å². The maximum Gasteiger partial charge on any atom is 0.0233 e. The highest BCUT2D eigenvalue weighted by molar-refractivity contribution is 7.98. The van der Waals surface area contributed by atoms with Gasteiger partial charge < -0.3 is 5.32 Å². The van der Waals surface area contributed by atoms with Gasteiger partial charge >= 0.3 is 0 Å². The zero-order valence-corrected chi connectivity index (χ0v) is 13.7. The van der Waals surface area contributed by atoms with Crippen LogP contribution in [0.5, 0.6) is 0 Å². The summed E-state index contributed by atoms with van der Waals surface area (Å²) in [7, 11) is 0. The Kier molecular flexibility index (Phi) is 6.91. The van der Waals surface area contributed by atoms with Gasteiger partial charge in [0.15, 0.2) is 0 Å². The smallest absolute Gasteiger partial charge is 0.0233 e. The SMILES string of the molecule is CCC(CSC)NC1CCN(Cc2ccccc2)CC1. The fourth-order valence-corrected chi connectivity index (χ4v) is 3.65. The van der Waals surface area contributed by atoms with E-state index in [1.54, 1.807) is 0 Å². The molecule has 1 aliphatic rings. The molecule has 1 unspecified atom stereocenters. The van der Waals surface area contributed by atoms with Crippen LogP contribution in [-0.4, -0.2) is 42.1 Å². The Labute approximate surface area is 128 Å². The molecule has 2 nitrogen and oxygen atoms in total. The van der Waals surface area contributed by atoms with Crippen LogP contribution in [0.2, 0.25) is 0 Å². The summed E-state index contributed by atoms with van der Waals surface area (Å²) in [5.74, 6) is 1.24. The van der Waals surface area contributed by atoms with E-state index in [2.05, 4.69) is 53.7 Å². The molecule has 1 heterocycles. The molecule has 0 spiro atoms. The van der Waals surface area contributed by atoms with E-state index in [0.717, 1.165) is 12.6 Å². The molecule has 1 fully saturated rings. The van der Waals surface area contributed by atoms with E-state index in [9.17, 15) is 0 Å². The summed E-state index contributed by atoms with van der Waals surface area (Å²) < 4.78 is 0. The molecule has 0 radical (unpaired) electrons. The first-order valence-electron chi connectivity index (χ1n) is 7.83. The summed E-state index contributed by atoms with van der Waals surface area (Å²) in [4.78, 5) is 2.59. The average molecular weight is 292 g/mol. The number of nitrogens with zero attached hydrogens (tertiary/aromatic N) is 1. The highest BCUT2D eigenvalue weighted by Crippen LogP contribution is 2.15. The molecule has 1 aliphatic heterocycles. The van der Waals surface area contributed by atoms with Gasteiger partial charge in [-0.05, 0) is 44.2 Å². The fraction of sp³-hybridized carbons (Fsp3) is 0.647. The molecule has 0 saturated carbocycles. The monoisotopic (exact) mass is 292 g/mol. The lowest BCUT2D eigenvalue weighted by molar-refractivity contribution is 0.185. The Bertz CT molecular complexity index is 361. The van der Waals surface area contributed by atoms with Crippen LogP contribution < -0.4 is 5.32 Å². The molecule has 2 rings (SSSR count). The van der Waals surface area contributed by atoms with Gasteiger partial charge in [0.25, 0.3) is 0 Å². The molecular formula is C17H28N2S. The molecule has 3 heteroatoms. The second kappa shape index (κ2) is 8.71. The molecule has 0 aromatic heterocycles. The van der Waals surface area contributed by atoms with Gasteiger partial charge in [0.05, 0.1) is 0 Å². The van der Waals surface area contributed by atoms with Crippen molar-refractivity contribution < 1.29 is 0 Å². The third-order valence-corrected chi connectivity index (χ3v) is 4.90. The lowest BCUT2D eigenvalue weighted by Gasteiger charge is -2.34. The van der Waals surface area contributed by atoms with Crippen molar-refractivity contribution in [2.45, 2.75) is 44.8 Å².